The Morgan fingerprint density at radius 3 is 2.42 bits per heavy atom. The van der Waals surface area contributed by atoms with Gasteiger partial charge in [-0.2, -0.15) is 0 Å². The molecular formula is C17H19NO. The zero-order chi connectivity index (χ0) is 13.7. The first-order valence-electron chi connectivity index (χ1n) is 6.70. The molecule has 0 fully saturated rings. The Kier molecular flexibility index (Phi) is 4.35. The number of primary amides is 1. The number of nitrogens with two attached hydrogens (primary N) is 1. The van der Waals surface area contributed by atoms with E-state index in [2.05, 4.69) is 25.1 Å². The van der Waals surface area contributed by atoms with Crippen molar-refractivity contribution < 1.29 is 4.79 Å². The Hall–Kier alpha value is -2.09. The van der Waals surface area contributed by atoms with Crippen LogP contribution in [-0.2, 0) is 6.42 Å². The standard InChI is InChI=1S/C17H19NO/c1-2-3-7-15-12-14(10-11-16(15)17(18)19)13-8-5-4-6-9-13/h4-6,8-12H,2-3,7H2,1H3,(H2,18,19). The lowest BCUT2D eigenvalue weighted by Crippen LogP contribution is -2.13. The second kappa shape index (κ2) is 6.19. The Bertz CT molecular complexity index is 561. The van der Waals surface area contributed by atoms with Gasteiger partial charge in [0.15, 0.2) is 0 Å². The van der Waals surface area contributed by atoms with Gasteiger partial charge in [0.2, 0.25) is 5.91 Å². The summed E-state index contributed by atoms with van der Waals surface area (Å²) in [5.74, 6) is -0.342. The molecule has 0 aromatic heterocycles. The van der Waals surface area contributed by atoms with E-state index in [1.54, 1.807) is 0 Å². The summed E-state index contributed by atoms with van der Waals surface area (Å²) in [7, 11) is 0. The monoisotopic (exact) mass is 253 g/mol. The van der Waals surface area contributed by atoms with Crippen molar-refractivity contribution in [3.8, 4) is 11.1 Å². The second-order valence-corrected chi connectivity index (χ2v) is 4.71. The third kappa shape index (κ3) is 3.22. The normalized spacial score (nSPS) is 10.4. The number of amides is 1. The minimum absolute atomic E-state index is 0.342. The second-order valence-electron chi connectivity index (χ2n) is 4.71. The lowest BCUT2D eigenvalue weighted by molar-refractivity contribution is 0.0999. The summed E-state index contributed by atoms with van der Waals surface area (Å²) in [6, 6.07) is 16.1. The molecule has 98 valence electrons. The Labute approximate surface area is 114 Å². The molecule has 0 unspecified atom stereocenters. The molecule has 0 bridgehead atoms. The Morgan fingerprint density at radius 1 is 1.05 bits per heavy atom. The highest BCUT2D eigenvalue weighted by molar-refractivity contribution is 5.95. The van der Waals surface area contributed by atoms with Crippen molar-refractivity contribution in [3.63, 3.8) is 0 Å². The number of hydrogen-bond donors (Lipinski definition) is 1. The fourth-order valence-corrected chi connectivity index (χ4v) is 2.22. The van der Waals surface area contributed by atoms with Crippen molar-refractivity contribution in [1.29, 1.82) is 0 Å². The average molecular weight is 253 g/mol. The number of carbonyl (C=O) groups excluding carboxylic acids is 1. The summed E-state index contributed by atoms with van der Waals surface area (Å²) in [5.41, 5.74) is 9.43. The molecule has 0 aliphatic rings. The van der Waals surface area contributed by atoms with E-state index in [4.69, 9.17) is 5.73 Å². The highest BCUT2D eigenvalue weighted by atomic mass is 16.1. The molecule has 2 N–H and O–H groups in total. The highest BCUT2D eigenvalue weighted by Crippen LogP contribution is 2.23. The van der Waals surface area contributed by atoms with Crippen molar-refractivity contribution in [1.82, 2.24) is 0 Å². The first-order chi connectivity index (χ1) is 9.22. The molecule has 0 saturated carbocycles. The quantitative estimate of drug-likeness (QED) is 0.865. The lowest BCUT2D eigenvalue weighted by atomic mass is 9.96. The van der Waals surface area contributed by atoms with Crippen molar-refractivity contribution in [2.24, 2.45) is 5.73 Å². The molecule has 0 radical (unpaired) electrons. The molecule has 0 atom stereocenters. The van der Waals surface area contributed by atoms with Crippen LogP contribution in [-0.4, -0.2) is 5.91 Å². The van der Waals surface area contributed by atoms with Crippen molar-refractivity contribution in [2.45, 2.75) is 26.2 Å². The van der Waals surface area contributed by atoms with Crippen LogP contribution >= 0.6 is 0 Å². The first-order valence-corrected chi connectivity index (χ1v) is 6.70. The molecule has 2 aromatic rings. The van der Waals surface area contributed by atoms with E-state index in [1.807, 2.05) is 30.3 Å². The van der Waals surface area contributed by atoms with Crippen LogP contribution in [0.3, 0.4) is 0 Å². The molecular weight excluding hydrogens is 234 g/mol. The molecule has 1 amide bonds. The third-order valence-electron chi connectivity index (χ3n) is 3.28. The zero-order valence-corrected chi connectivity index (χ0v) is 11.2. The molecule has 0 saturated heterocycles. The summed E-state index contributed by atoms with van der Waals surface area (Å²) < 4.78 is 0. The maximum atomic E-state index is 11.5. The van der Waals surface area contributed by atoms with Gasteiger partial charge >= 0.3 is 0 Å². The lowest BCUT2D eigenvalue weighted by Gasteiger charge is -2.09. The number of unbranched alkanes of at least 4 members (excludes halogenated alkanes) is 1. The fraction of sp³-hybridized carbons (Fsp3) is 0.235. The largest absolute Gasteiger partial charge is 0.366 e. The van der Waals surface area contributed by atoms with Gasteiger partial charge in [0.25, 0.3) is 0 Å². The van der Waals surface area contributed by atoms with Crippen LogP contribution in [0.1, 0.15) is 35.7 Å². The molecule has 2 rings (SSSR count). The van der Waals surface area contributed by atoms with Gasteiger partial charge in [0, 0.05) is 5.56 Å². The van der Waals surface area contributed by atoms with Crippen LogP contribution in [0.5, 0.6) is 0 Å². The van der Waals surface area contributed by atoms with Crippen LogP contribution < -0.4 is 5.73 Å². The number of hydrogen-bond acceptors (Lipinski definition) is 1. The topological polar surface area (TPSA) is 43.1 Å². The van der Waals surface area contributed by atoms with Crippen LogP contribution in [0.15, 0.2) is 48.5 Å². The maximum Gasteiger partial charge on any atom is 0.248 e. The molecule has 2 heteroatoms. The maximum absolute atomic E-state index is 11.5. The number of rotatable bonds is 5. The average Bonchev–Trinajstić information content (AvgIpc) is 2.45. The third-order valence-corrected chi connectivity index (χ3v) is 3.28. The number of benzene rings is 2. The molecule has 2 aromatic carbocycles. The smallest absolute Gasteiger partial charge is 0.248 e. The predicted molar refractivity (Wildman–Crippen MR) is 79.0 cm³/mol. The van der Waals surface area contributed by atoms with Crippen molar-refractivity contribution in [2.75, 3.05) is 0 Å². The van der Waals surface area contributed by atoms with E-state index in [1.165, 1.54) is 0 Å². The minimum atomic E-state index is -0.342. The summed E-state index contributed by atoms with van der Waals surface area (Å²) >= 11 is 0. The van der Waals surface area contributed by atoms with Crippen LogP contribution in [0.4, 0.5) is 0 Å². The Balaban J connectivity index is 2.40. The van der Waals surface area contributed by atoms with Gasteiger partial charge < -0.3 is 5.73 Å². The molecule has 19 heavy (non-hydrogen) atoms. The SMILES string of the molecule is CCCCc1cc(-c2ccccc2)ccc1C(N)=O. The van der Waals surface area contributed by atoms with E-state index in [9.17, 15) is 4.79 Å². The Morgan fingerprint density at radius 2 is 1.79 bits per heavy atom. The van der Waals surface area contributed by atoms with Crippen molar-refractivity contribution in [3.05, 3.63) is 59.7 Å². The fourth-order valence-electron chi connectivity index (χ4n) is 2.22. The van der Waals surface area contributed by atoms with E-state index in [-0.39, 0.29) is 5.91 Å². The highest BCUT2D eigenvalue weighted by Gasteiger charge is 2.09. The van der Waals surface area contributed by atoms with Gasteiger partial charge in [-0.15, -0.1) is 0 Å². The first kappa shape index (κ1) is 13.3. The van der Waals surface area contributed by atoms with E-state index in [0.29, 0.717) is 5.56 Å². The summed E-state index contributed by atoms with van der Waals surface area (Å²) in [6.45, 7) is 2.14. The van der Waals surface area contributed by atoms with Crippen LogP contribution in [0, 0.1) is 0 Å². The molecule has 0 spiro atoms. The van der Waals surface area contributed by atoms with Crippen LogP contribution in [0.2, 0.25) is 0 Å². The molecule has 0 heterocycles. The zero-order valence-electron chi connectivity index (χ0n) is 11.2. The number of carbonyl (C=O) groups is 1. The van der Waals surface area contributed by atoms with Gasteiger partial charge in [-0.1, -0.05) is 55.8 Å². The summed E-state index contributed by atoms with van der Waals surface area (Å²) in [5, 5.41) is 0. The van der Waals surface area contributed by atoms with Gasteiger partial charge in [-0.05, 0) is 35.6 Å². The van der Waals surface area contributed by atoms with Gasteiger partial charge in [-0.3, -0.25) is 4.79 Å². The predicted octanol–water partition coefficient (Wildman–Crippen LogP) is 3.80. The van der Waals surface area contributed by atoms with E-state index >= 15 is 0 Å². The van der Waals surface area contributed by atoms with Gasteiger partial charge in [-0.25, -0.2) is 0 Å². The molecule has 0 aliphatic carbocycles. The number of aryl methyl sites for hydroxylation is 1. The van der Waals surface area contributed by atoms with E-state index < -0.39 is 0 Å². The molecule has 2 nitrogen and oxygen atoms in total. The van der Waals surface area contributed by atoms with Gasteiger partial charge in [0.1, 0.15) is 0 Å². The van der Waals surface area contributed by atoms with Crippen LogP contribution in [0.25, 0.3) is 11.1 Å². The van der Waals surface area contributed by atoms with Crippen molar-refractivity contribution >= 4 is 5.91 Å². The van der Waals surface area contributed by atoms with Gasteiger partial charge in [0.05, 0.1) is 0 Å². The summed E-state index contributed by atoms with van der Waals surface area (Å²) in [6.07, 6.45) is 3.07. The minimum Gasteiger partial charge on any atom is -0.366 e. The molecule has 0 aliphatic heterocycles. The van der Waals surface area contributed by atoms with E-state index in [0.717, 1.165) is 36.0 Å². The summed E-state index contributed by atoms with van der Waals surface area (Å²) in [4.78, 5) is 11.5.